The second-order valence-corrected chi connectivity index (χ2v) is 3.98. The molecule has 2 heteroatoms. The first-order chi connectivity index (χ1) is 7.83. The Kier molecular flexibility index (Phi) is 3.26. The van der Waals surface area contributed by atoms with Crippen LogP contribution in [0.25, 0.3) is 0 Å². The number of nitrogens with zero attached hydrogens (tertiary/aromatic N) is 1. The number of amides is 1. The number of terminal acetylenes is 1. The van der Waals surface area contributed by atoms with Crippen LogP contribution in [0, 0.1) is 12.3 Å². The van der Waals surface area contributed by atoms with E-state index in [0.29, 0.717) is 19.4 Å². The molecule has 1 aliphatic heterocycles. The zero-order valence-electron chi connectivity index (χ0n) is 9.28. The van der Waals surface area contributed by atoms with Crippen molar-refractivity contribution in [1.29, 1.82) is 0 Å². The maximum Gasteiger partial charge on any atom is 0.227 e. The summed E-state index contributed by atoms with van der Waals surface area (Å²) in [5, 5.41) is 0. The smallest absolute Gasteiger partial charge is 0.227 e. The summed E-state index contributed by atoms with van der Waals surface area (Å²) in [4.78, 5) is 13.8. The van der Waals surface area contributed by atoms with E-state index >= 15 is 0 Å². The Hall–Kier alpha value is -1.75. The van der Waals surface area contributed by atoms with Gasteiger partial charge in [-0.25, -0.2) is 0 Å². The van der Waals surface area contributed by atoms with Crippen molar-refractivity contribution in [3.63, 3.8) is 0 Å². The number of rotatable bonds is 2. The molecule has 0 fully saturated rings. The van der Waals surface area contributed by atoms with Crippen molar-refractivity contribution < 1.29 is 4.79 Å². The van der Waals surface area contributed by atoms with Crippen LogP contribution in [0.3, 0.4) is 0 Å². The Morgan fingerprint density at radius 2 is 2.12 bits per heavy atom. The second kappa shape index (κ2) is 4.85. The standard InChI is InChI=1S/C14H15NO/c1-2-3-11-15-13-9-5-4-7-12(13)8-6-10-14(15)16/h1,4-5,7,9H,3,6,8,10-11H2. The predicted molar refractivity (Wildman–Crippen MR) is 65.2 cm³/mol. The Bertz CT molecular complexity index is 431. The summed E-state index contributed by atoms with van der Waals surface area (Å²) < 4.78 is 0. The van der Waals surface area contributed by atoms with Gasteiger partial charge < -0.3 is 4.90 Å². The number of benzene rings is 1. The molecule has 2 nitrogen and oxygen atoms in total. The molecule has 2 rings (SSSR count). The summed E-state index contributed by atoms with van der Waals surface area (Å²) >= 11 is 0. The van der Waals surface area contributed by atoms with Gasteiger partial charge in [-0.05, 0) is 24.5 Å². The highest BCUT2D eigenvalue weighted by Gasteiger charge is 2.20. The summed E-state index contributed by atoms with van der Waals surface area (Å²) in [5.41, 5.74) is 2.30. The van der Waals surface area contributed by atoms with Crippen LogP contribution in [-0.4, -0.2) is 12.5 Å². The highest BCUT2D eigenvalue weighted by Crippen LogP contribution is 2.26. The molecule has 0 aromatic heterocycles. The quantitative estimate of drug-likeness (QED) is 0.691. The number of carbonyl (C=O) groups is 1. The summed E-state index contributed by atoms with van der Waals surface area (Å²) in [6.45, 7) is 0.631. The minimum Gasteiger partial charge on any atom is -0.311 e. The fraction of sp³-hybridized carbons (Fsp3) is 0.357. The van der Waals surface area contributed by atoms with Crippen molar-refractivity contribution in [3.8, 4) is 12.3 Å². The lowest BCUT2D eigenvalue weighted by Gasteiger charge is -2.21. The van der Waals surface area contributed by atoms with Gasteiger partial charge in [-0.1, -0.05) is 18.2 Å². The normalized spacial score (nSPS) is 15.2. The van der Waals surface area contributed by atoms with E-state index in [9.17, 15) is 4.79 Å². The Balaban J connectivity index is 2.33. The van der Waals surface area contributed by atoms with E-state index < -0.39 is 0 Å². The average molecular weight is 213 g/mol. The van der Waals surface area contributed by atoms with Crippen molar-refractivity contribution in [1.82, 2.24) is 0 Å². The van der Waals surface area contributed by atoms with Crippen LogP contribution in [0.4, 0.5) is 5.69 Å². The van der Waals surface area contributed by atoms with Gasteiger partial charge in [0, 0.05) is 25.1 Å². The Morgan fingerprint density at radius 3 is 2.94 bits per heavy atom. The molecule has 0 radical (unpaired) electrons. The van der Waals surface area contributed by atoms with Crippen molar-refractivity contribution in [2.24, 2.45) is 0 Å². The molecule has 1 amide bonds. The van der Waals surface area contributed by atoms with E-state index in [2.05, 4.69) is 12.0 Å². The van der Waals surface area contributed by atoms with E-state index in [4.69, 9.17) is 6.42 Å². The summed E-state index contributed by atoms with van der Waals surface area (Å²) in [6, 6.07) is 8.10. The first kappa shape index (κ1) is 10.8. The maximum absolute atomic E-state index is 11.9. The van der Waals surface area contributed by atoms with Crippen LogP contribution in [0.1, 0.15) is 24.8 Å². The molecule has 82 valence electrons. The lowest BCUT2D eigenvalue weighted by Crippen LogP contribution is -2.30. The van der Waals surface area contributed by atoms with Crippen LogP contribution in [0.15, 0.2) is 24.3 Å². The van der Waals surface area contributed by atoms with Gasteiger partial charge in [0.05, 0.1) is 0 Å². The summed E-state index contributed by atoms with van der Waals surface area (Å²) in [6.07, 6.45) is 8.41. The van der Waals surface area contributed by atoms with Crippen LogP contribution < -0.4 is 4.90 Å². The largest absolute Gasteiger partial charge is 0.311 e. The molecule has 0 saturated carbocycles. The molecule has 0 aliphatic carbocycles. The average Bonchev–Trinajstić information content (AvgIpc) is 2.46. The van der Waals surface area contributed by atoms with Gasteiger partial charge in [-0.2, -0.15) is 0 Å². The van der Waals surface area contributed by atoms with Gasteiger partial charge in [0.15, 0.2) is 0 Å². The Morgan fingerprint density at radius 1 is 1.31 bits per heavy atom. The van der Waals surface area contributed by atoms with Gasteiger partial charge in [-0.15, -0.1) is 12.3 Å². The minimum atomic E-state index is 0.195. The SMILES string of the molecule is C#CCCN1C(=O)CCCc2ccccc21. The number of hydrogen-bond acceptors (Lipinski definition) is 1. The van der Waals surface area contributed by atoms with E-state index in [0.717, 1.165) is 18.5 Å². The molecule has 1 heterocycles. The van der Waals surface area contributed by atoms with Gasteiger partial charge >= 0.3 is 0 Å². The molecule has 0 saturated heterocycles. The third kappa shape index (κ3) is 2.09. The monoisotopic (exact) mass is 213 g/mol. The van der Waals surface area contributed by atoms with Crippen molar-refractivity contribution in [2.75, 3.05) is 11.4 Å². The fourth-order valence-electron chi connectivity index (χ4n) is 2.11. The number of fused-ring (bicyclic) bond motifs is 1. The van der Waals surface area contributed by atoms with Crippen molar-refractivity contribution in [2.45, 2.75) is 25.7 Å². The van der Waals surface area contributed by atoms with Gasteiger partial charge in [0.1, 0.15) is 0 Å². The zero-order valence-corrected chi connectivity index (χ0v) is 9.28. The van der Waals surface area contributed by atoms with Crippen LogP contribution in [0.5, 0.6) is 0 Å². The van der Waals surface area contributed by atoms with Crippen LogP contribution >= 0.6 is 0 Å². The third-order valence-corrected chi connectivity index (χ3v) is 2.90. The molecule has 1 aliphatic rings. The summed E-state index contributed by atoms with van der Waals surface area (Å²) in [5.74, 6) is 2.79. The highest BCUT2D eigenvalue weighted by molar-refractivity contribution is 5.94. The molecule has 1 aromatic rings. The van der Waals surface area contributed by atoms with Crippen LogP contribution in [0.2, 0.25) is 0 Å². The van der Waals surface area contributed by atoms with Gasteiger partial charge in [0.25, 0.3) is 0 Å². The number of aryl methyl sites for hydroxylation is 1. The molecule has 0 spiro atoms. The van der Waals surface area contributed by atoms with E-state index in [1.165, 1.54) is 5.56 Å². The molecular formula is C14H15NO. The van der Waals surface area contributed by atoms with Crippen LogP contribution in [-0.2, 0) is 11.2 Å². The minimum absolute atomic E-state index is 0.195. The van der Waals surface area contributed by atoms with Crippen molar-refractivity contribution >= 4 is 11.6 Å². The van der Waals surface area contributed by atoms with E-state index in [1.54, 1.807) is 0 Å². The first-order valence-corrected chi connectivity index (χ1v) is 5.64. The zero-order chi connectivity index (χ0) is 11.4. The topological polar surface area (TPSA) is 20.3 Å². The van der Waals surface area contributed by atoms with Gasteiger partial charge in [-0.3, -0.25) is 4.79 Å². The maximum atomic E-state index is 11.9. The molecule has 0 N–H and O–H groups in total. The number of anilines is 1. The number of carbonyl (C=O) groups excluding carboxylic acids is 1. The number of hydrogen-bond donors (Lipinski definition) is 0. The third-order valence-electron chi connectivity index (χ3n) is 2.90. The lowest BCUT2D eigenvalue weighted by atomic mass is 10.1. The first-order valence-electron chi connectivity index (χ1n) is 5.64. The highest BCUT2D eigenvalue weighted by atomic mass is 16.2. The second-order valence-electron chi connectivity index (χ2n) is 3.98. The molecular weight excluding hydrogens is 198 g/mol. The molecule has 0 bridgehead atoms. The summed E-state index contributed by atoms with van der Waals surface area (Å²) in [7, 11) is 0. The van der Waals surface area contributed by atoms with E-state index in [1.807, 2.05) is 23.1 Å². The molecule has 16 heavy (non-hydrogen) atoms. The predicted octanol–water partition coefficient (Wildman–Crippen LogP) is 2.38. The Labute approximate surface area is 96.3 Å². The van der Waals surface area contributed by atoms with Crippen molar-refractivity contribution in [3.05, 3.63) is 29.8 Å². The van der Waals surface area contributed by atoms with E-state index in [-0.39, 0.29) is 5.91 Å². The molecule has 0 atom stereocenters. The molecule has 1 aromatic carbocycles. The van der Waals surface area contributed by atoms with Gasteiger partial charge in [0.2, 0.25) is 5.91 Å². The fourth-order valence-corrected chi connectivity index (χ4v) is 2.11. The number of para-hydroxylation sites is 1. The molecule has 0 unspecified atom stereocenters. The lowest BCUT2D eigenvalue weighted by molar-refractivity contribution is -0.118.